The van der Waals surface area contributed by atoms with Gasteiger partial charge < -0.3 is 5.11 Å². The molecule has 0 radical (unpaired) electrons. The minimum atomic E-state index is -1.55. The first-order chi connectivity index (χ1) is 8.70. The number of hydrogen-bond acceptors (Lipinski definition) is 5. The summed E-state index contributed by atoms with van der Waals surface area (Å²) in [5.74, 6) is -1.76. The molecule has 2 aromatic rings. The van der Waals surface area contributed by atoms with Crippen molar-refractivity contribution < 1.29 is 14.7 Å². The number of Topliss-reactive ketones (excluding diaryl/α,β-unsaturated/α-hetero) is 2. The van der Waals surface area contributed by atoms with Gasteiger partial charge in [0.05, 0.1) is 5.69 Å². The molecule has 1 N–H and O–H groups in total. The number of aliphatic hydroxyl groups is 1. The highest BCUT2D eigenvalue weighted by Gasteiger charge is 2.27. The van der Waals surface area contributed by atoms with E-state index >= 15 is 0 Å². The fourth-order valence-electron chi connectivity index (χ4n) is 1.42. The summed E-state index contributed by atoms with van der Waals surface area (Å²) in [5, 5.41) is 9.76. The van der Waals surface area contributed by atoms with E-state index in [-0.39, 0.29) is 11.4 Å². The highest BCUT2D eigenvalue weighted by molar-refractivity contribution is 6.44. The summed E-state index contributed by atoms with van der Waals surface area (Å²) in [7, 11) is 0. The van der Waals surface area contributed by atoms with Crippen molar-refractivity contribution in [3.63, 3.8) is 0 Å². The monoisotopic (exact) mass is 242 g/mol. The third-order valence-electron chi connectivity index (χ3n) is 2.34. The molecule has 0 aromatic carbocycles. The van der Waals surface area contributed by atoms with Gasteiger partial charge in [0.15, 0.2) is 6.10 Å². The van der Waals surface area contributed by atoms with Crippen LogP contribution >= 0.6 is 0 Å². The van der Waals surface area contributed by atoms with Gasteiger partial charge in [0.2, 0.25) is 11.6 Å². The Bertz CT molecular complexity index is 555. The van der Waals surface area contributed by atoms with Crippen molar-refractivity contribution >= 4 is 11.6 Å². The molecule has 18 heavy (non-hydrogen) atoms. The number of hydrogen-bond donors (Lipinski definition) is 1. The maximum atomic E-state index is 11.8. The van der Waals surface area contributed by atoms with Crippen LogP contribution in [0.25, 0.3) is 0 Å². The summed E-state index contributed by atoms with van der Waals surface area (Å²) < 4.78 is 0. The highest BCUT2D eigenvalue weighted by Crippen LogP contribution is 2.12. The van der Waals surface area contributed by atoms with Crippen LogP contribution in [0, 0.1) is 0 Å². The lowest BCUT2D eigenvalue weighted by atomic mass is 10.1. The number of pyridine rings is 2. The van der Waals surface area contributed by atoms with E-state index in [4.69, 9.17) is 0 Å². The standard InChI is InChI=1S/C13H10N2O3/c16-11(9-5-1-3-7-14-9)13(18)12(17)10-6-2-4-8-15-10/h1-8,11,16H. The second kappa shape index (κ2) is 5.29. The molecule has 0 aliphatic carbocycles. The first-order valence-electron chi connectivity index (χ1n) is 5.28. The summed E-state index contributed by atoms with van der Waals surface area (Å²) in [6, 6.07) is 9.42. The third-order valence-corrected chi connectivity index (χ3v) is 2.34. The molecule has 0 aliphatic rings. The molecule has 0 bridgehead atoms. The van der Waals surface area contributed by atoms with Crippen LogP contribution in [-0.4, -0.2) is 26.6 Å². The Morgan fingerprint density at radius 3 is 2.22 bits per heavy atom. The number of nitrogens with zero attached hydrogens (tertiary/aromatic N) is 2. The molecule has 0 saturated carbocycles. The smallest absolute Gasteiger partial charge is 0.250 e. The van der Waals surface area contributed by atoms with Crippen molar-refractivity contribution in [1.82, 2.24) is 9.97 Å². The lowest BCUT2D eigenvalue weighted by Crippen LogP contribution is -2.23. The number of rotatable bonds is 4. The summed E-state index contributed by atoms with van der Waals surface area (Å²) >= 11 is 0. The van der Waals surface area contributed by atoms with Gasteiger partial charge in [0, 0.05) is 12.4 Å². The van der Waals surface area contributed by atoms with E-state index in [9.17, 15) is 14.7 Å². The second-order valence-electron chi connectivity index (χ2n) is 3.57. The summed E-state index contributed by atoms with van der Waals surface area (Å²) in [6.45, 7) is 0. The van der Waals surface area contributed by atoms with Crippen molar-refractivity contribution in [3.05, 3.63) is 60.2 Å². The Hall–Kier alpha value is -2.40. The first-order valence-corrected chi connectivity index (χ1v) is 5.28. The SMILES string of the molecule is O=C(C(=O)C(O)c1ccccn1)c1ccccn1. The molecule has 1 unspecified atom stereocenters. The van der Waals surface area contributed by atoms with Gasteiger partial charge in [-0.05, 0) is 24.3 Å². The predicted molar refractivity (Wildman–Crippen MR) is 62.8 cm³/mol. The van der Waals surface area contributed by atoms with E-state index < -0.39 is 17.7 Å². The first kappa shape index (κ1) is 12.1. The van der Waals surface area contributed by atoms with Crippen molar-refractivity contribution in [1.29, 1.82) is 0 Å². The van der Waals surface area contributed by atoms with Gasteiger partial charge in [0.25, 0.3) is 0 Å². The molecular formula is C13H10N2O3. The zero-order valence-corrected chi connectivity index (χ0v) is 9.35. The number of aromatic nitrogens is 2. The van der Waals surface area contributed by atoms with Gasteiger partial charge in [-0.25, -0.2) is 0 Å². The average molecular weight is 242 g/mol. The van der Waals surface area contributed by atoms with Crippen LogP contribution in [0.2, 0.25) is 0 Å². The van der Waals surface area contributed by atoms with Crippen LogP contribution in [-0.2, 0) is 4.79 Å². The van der Waals surface area contributed by atoms with E-state index in [0.717, 1.165) is 0 Å². The number of carbonyl (C=O) groups excluding carboxylic acids is 2. The van der Waals surface area contributed by atoms with Crippen LogP contribution in [0.4, 0.5) is 0 Å². The Labute approximate surface area is 103 Å². The van der Waals surface area contributed by atoms with Gasteiger partial charge in [-0.1, -0.05) is 12.1 Å². The van der Waals surface area contributed by atoms with Crippen molar-refractivity contribution in [3.8, 4) is 0 Å². The minimum absolute atomic E-state index is 0.0116. The van der Waals surface area contributed by atoms with E-state index in [1.165, 1.54) is 24.5 Å². The topological polar surface area (TPSA) is 80.2 Å². The van der Waals surface area contributed by atoms with Crippen molar-refractivity contribution in [2.24, 2.45) is 0 Å². The molecule has 0 aliphatic heterocycles. The lowest BCUT2D eigenvalue weighted by molar-refractivity contribution is -0.123. The molecule has 2 heterocycles. The Morgan fingerprint density at radius 2 is 1.67 bits per heavy atom. The Kier molecular flexibility index (Phi) is 3.54. The maximum Gasteiger partial charge on any atom is 0.250 e. The van der Waals surface area contributed by atoms with Gasteiger partial charge in [-0.3, -0.25) is 19.6 Å². The molecule has 2 rings (SSSR count). The quantitative estimate of drug-likeness (QED) is 0.638. The molecular weight excluding hydrogens is 232 g/mol. The second-order valence-corrected chi connectivity index (χ2v) is 3.57. The third kappa shape index (κ3) is 2.46. The van der Waals surface area contributed by atoms with Gasteiger partial charge in [-0.15, -0.1) is 0 Å². The summed E-state index contributed by atoms with van der Waals surface area (Å²) in [5.41, 5.74) is 0.157. The predicted octanol–water partition coefficient (Wildman–Crippen LogP) is 0.962. The lowest BCUT2D eigenvalue weighted by Gasteiger charge is -2.07. The summed E-state index contributed by atoms with van der Waals surface area (Å²) in [6.07, 6.45) is 1.30. The maximum absolute atomic E-state index is 11.8. The summed E-state index contributed by atoms with van der Waals surface area (Å²) in [4.78, 5) is 31.1. The van der Waals surface area contributed by atoms with Crippen LogP contribution in [0.1, 0.15) is 22.3 Å². The fourth-order valence-corrected chi connectivity index (χ4v) is 1.42. The molecule has 0 amide bonds. The van der Waals surface area contributed by atoms with Crippen molar-refractivity contribution in [2.45, 2.75) is 6.10 Å². The average Bonchev–Trinajstić information content (AvgIpc) is 2.47. The molecule has 1 atom stereocenters. The normalized spacial score (nSPS) is 11.8. The van der Waals surface area contributed by atoms with Crippen LogP contribution in [0.3, 0.4) is 0 Å². The van der Waals surface area contributed by atoms with Gasteiger partial charge in [0.1, 0.15) is 5.69 Å². The van der Waals surface area contributed by atoms with E-state index in [2.05, 4.69) is 9.97 Å². The highest BCUT2D eigenvalue weighted by atomic mass is 16.3. The van der Waals surface area contributed by atoms with Crippen LogP contribution in [0.15, 0.2) is 48.8 Å². The number of ketones is 2. The number of aliphatic hydroxyl groups excluding tert-OH is 1. The molecule has 5 nitrogen and oxygen atoms in total. The minimum Gasteiger partial charge on any atom is -0.378 e. The van der Waals surface area contributed by atoms with E-state index in [1.54, 1.807) is 24.3 Å². The molecule has 0 saturated heterocycles. The largest absolute Gasteiger partial charge is 0.378 e. The molecule has 5 heteroatoms. The van der Waals surface area contributed by atoms with Crippen LogP contribution < -0.4 is 0 Å². The van der Waals surface area contributed by atoms with Crippen LogP contribution in [0.5, 0.6) is 0 Å². The zero-order chi connectivity index (χ0) is 13.0. The number of carbonyl (C=O) groups is 2. The molecule has 0 fully saturated rings. The zero-order valence-electron chi connectivity index (χ0n) is 9.35. The Balaban J connectivity index is 2.20. The molecule has 90 valence electrons. The Morgan fingerprint density at radius 1 is 1.00 bits per heavy atom. The van der Waals surface area contributed by atoms with Gasteiger partial charge in [-0.2, -0.15) is 0 Å². The van der Waals surface area contributed by atoms with Crippen molar-refractivity contribution in [2.75, 3.05) is 0 Å². The van der Waals surface area contributed by atoms with Gasteiger partial charge >= 0.3 is 0 Å². The van der Waals surface area contributed by atoms with E-state index in [0.29, 0.717) is 0 Å². The fraction of sp³-hybridized carbons (Fsp3) is 0.0769. The molecule has 2 aromatic heterocycles. The van der Waals surface area contributed by atoms with E-state index in [1.807, 2.05) is 0 Å². The molecule has 0 spiro atoms.